The molecular weight excluding hydrogens is 775 g/mol. The molecule has 18 nitrogen and oxygen atoms in total. The summed E-state index contributed by atoms with van der Waals surface area (Å²) in [5.74, 6) is -5.70. The van der Waals surface area contributed by atoms with Crippen molar-refractivity contribution in [1.82, 2.24) is 0 Å². The topological polar surface area (TPSA) is 221 Å². The molecule has 0 saturated carbocycles. The molecule has 2 saturated heterocycles. The van der Waals surface area contributed by atoms with Crippen LogP contribution < -0.4 is 0 Å². The summed E-state index contributed by atoms with van der Waals surface area (Å²) in [6.07, 6.45) is -13.6. The van der Waals surface area contributed by atoms with Crippen molar-refractivity contribution in [2.45, 2.75) is 123 Å². The van der Waals surface area contributed by atoms with Gasteiger partial charge in [-0.2, -0.15) is 0 Å². The summed E-state index contributed by atoms with van der Waals surface area (Å²) in [7, 11) is 0. The molecule has 0 aromatic rings. The molecule has 0 aliphatic carbocycles. The Kier molecular flexibility index (Phi) is 17.6. The Hall–Kier alpha value is -3.14. The normalized spacial score (nSPS) is 29.5. The highest BCUT2D eigenvalue weighted by atomic mass is 127. The summed E-state index contributed by atoms with van der Waals surface area (Å²) in [4.78, 5) is 85.1. The van der Waals surface area contributed by atoms with Crippen molar-refractivity contribution in [3.05, 3.63) is 0 Å². The van der Waals surface area contributed by atoms with E-state index >= 15 is 0 Å². The molecule has 49 heavy (non-hydrogen) atoms. The molecule has 278 valence electrons. The highest BCUT2D eigenvalue weighted by molar-refractivity contribution is 14.1. The lowest BCUT2D eigenvalue weighted by atomic mass is 9.96. The summed E-state index contributed by atoms with van der Waals surface area (Å²) >= 11 is 2.20. The first kappa shape index (κ1) is 42.0. The van der Waals surface area contributed by atoms with E-state index in [0.29, 0.717) is 6.42 Å². The predicted molar refractivity (Wildman–Crippen MR) is 167 cm³/mol. The van der Waals surface area contributed by atoms with Crippen LogP contribution in [0.2, 0.25) is 0 Å². The molecule has 0 amide bonds. The lowest BCUT2D eigenvalue weighted by Crippen LogP contribution is -2.67. The molecule has 19 heteroatoms. The Labute approximate surface area is 296 Å². The Morgan fingerprint density at radius 3 is 1.33 bits per heavy atom. The van der Waals surface area contributed by atoms with E-state index in [2.05, 4.69) is 22.6 Å². The Morgan fingerprint density at radius 1 is 0.490 bits per heavy atom. The van der Waals surface area contributed by atoms with Crippen LogP contribution in [-0.4, -0.2) is 127 Å². The highest BCUT2D eigenvalue weighted by Crippen LogP contribution is 2.35. The second-order valence-electron chi connectivity index (χ2n) is 10.9. The van der Waals surface area contributed by atoms with Crippen LogP contribution in [0.15, 0.2) is 0 Å². The number of hydrogen-bond donors (Lipinski definition) is 0. The maximum Gasteiger partial charge on any atom is 0.303 e. The van der Waals surface area contributed by atoms with Gasteiger partial charge in [0.25, 0.3) is 0 Å². The van der Waals surface area contributed by atoms with Crippen molar-refractivity contribution in [2.24, 2.45) is 0 Å². The predicted octanol–water partition coefficient (Wildman–Crippen LogP) is 0.838. The molecule has 0 radical (unpaired) electrons. The Morgan fingerprint density at radius 2 is 0.878 bits per heavy atom. The Bertz CT molecular complexity index is 1180. The maximum atomic E-state index is 12.4. The second kappa shape index (κ2) is 20.5. The van der Waals surface area contributed by atoms with Gasteiger partial charge in [-0.25, -0.2) is 0 Å². The maximum absolute atomic E-state index is 12.4. The monoisotopic (exact) mass is 818 g/mol. The number of unbranched alkanes of at least 4 members (excludes halogenated alkanes) is 1. The third-order valence-corrected chi connectivity index (χ3v) is 7.46. The quantitative estimate of drug-likeness (QED) is 0.0692. The molecule has 0 bridgehead atoms. The van der Waals surface area contributed by atoms with Crippen LogP contribution in [0.5, 0.6) is 0 Å². The van der Waals surface area contributed by atoms with Crippen LogP contribution in [-0.2, 0) is 85.7 Å². The van der Waals surface area contributed by atoms with E-state index in [0.717, 1.165) is 59.3 Å². The van der Waals surface area contributed by atoms with Crippen molar-refractivity contribution in [2.75, 3.05) is 24.2 Å². The number of rotatable bonds is 16. The molecule has 0 N–H and O–H groups in total. The molecule has 2 fully saturated rings. The summed E-state index contributed by atoms with van der Waals surface area (Å²) in [6, 6.07) is 0. The molecular formula is C30H43IO18. The zero-order valence-corrected chi connectivity index (χ0v) is 30.4. The van der Waals surface area contributed by atoms with Crippen molar-refractivity contribution in [3.8, 4) is 0 Å². The fourth-order valence-electron chi connectivity index (χ4n) is 5.00. The number of carbonyl (C=O) groups is 7. The smallest absolute Gasteiger partial charge is 0.303 e. The van der Waals surface area contributed by atoms with E-state index in [1.54, 1.807) is 0 Å². The fraction of sp³-hybridized carbons (Fsp3) is 0.767. The number of halogens is 1. The first-order valence-corrected chi connectivity index (χ1v) is 16.8. The molecule has 0 aromatic carbocycles. The van der Waals surface area contributed by atoms with Crippen molar-refractivity contribution < 1.29 is 85.7 Å². The summed E-state index contributed by atoms with van der Waals surface area (Å²) in [6.45, 7) is 6.71. The summed E-state index contributed by atoms with van der Waals surface area (Å²) < 4.78 is 63.0. The molecule has 0 spiro atoms. The van der Waals surface area contributed by atoms with Crippen molar-refractivity contribution >= 4 is 64.4 Å². The van der Waals surface area contributed by atoms with Crippen LogP contribution in [0.1, 0.15) is 61.3 Å². The highest BCUT2D eigenvalue weighted by Gasteiger charge is 2.57. The van der Waals surface area contributed by atoms with Gasteiger partial charge >= 0.3 is 41.8 Å². The van der Waals surface area contributed by atoms with Crippen LogP contribution in [0, 0.1) is 0 Å². The molecule has 2 aliphatic heterocycles. The van der Waals surface area contributed by atoms with Crippen LogP contribution in [0.4, 0.5) is 0 Å². The van der Waals surface area contributed by atoms with E-state index in [1.807, 2.05) is 0 Å². The summed E-state index contributed by atoms with van der Waals surface area (Å²) in [5, 5.41) is 0. The molecule has 2 rings (SSSR count). The van der Waals surface area contributed by atoms with Gasteiger partial charge in [0.15, 0.2) is 43.1 Å². The minimum atomic E-state index is -1.76. The minimum Gasteiger partial charge on any atom is -0.463 e. The van der Waals surface area contributed by atoms with Gasteiger partial charge in [0, 0.05) is 55.1 Å². The van der Waals surface area contributed by atoms with Gasteiger partial charge in [-0.15, -0.1) is 0 Å². The number of alkyl halides is 1. The third-order valence-electron chi connectivity index (χ3n) is 6.70. The van der Waals surface area contributed by atoms with Gasteiger partial charge in [-0.1, -0.05) is 22.6 Å². The molecule has 2 heterocycles. The Balaban J connectivity index is 2.69. The van der Waals surface area contributed by atoms with E-state index in [-0.39, 0.29) is 6.61 Å². The van der Waals surface area contributed by atoms with Crippen LogP contribution in [0.3, 0.4) is 0 Å². The van der Waals surface area contributed by atoms with Crippen molar-refractivity contribution in [1.29, 1.82) is 0 Å². The average Bonchev–Trinajstić information content (AvgIpc) is 2.97. The first-order valence-electron chi connectivity index (χ1n) is 15.3. The molecule has 0 aromatic heterocycles. The standard InChI is InChI=1S/C30H43IO18/c1-14(32)40-12-21-23(42-16(3)34)25(43-17(4)35)28(46-20(7)38)30(48-21)49-24-22(13-41-15(2)33)47-29(39-11-9-8-10-31)27(45-19(6)37)26(24)44-18(5)36/h21-30H,8-13H2,1-7H3/t21-,22-,23+,24-,25+,26+,27-,28-,29+,30+/m1/s1. The lowest BCUT2D eigenvalue weighted by molar-refractivity contribution is -0.361. The zero-order valence-electron chi connectivity index (χ0n) is 28.2. The second-order valence-corrected chi connectivity index (χ2v) is 12.0. The largest absolute Gasteiger partial charge is 0.463 e. The van der Waals surface area contributed by atoms with Crippen LogP contribution in [0.25, 0.3) is 0 Å². The van der Waals surface area contributed by atoms with E-state index in [4.69, 9.17) is 52.1 Å². The van der Waals surface area contributed by atoms with Gasteiger partial charge in [-0.3, -0.25) is 33.6 Å². The molecule has 0 unspecified atom stereocenters. The van der Waals surface area contributed by atoms with Gasteiger partial charge in [0.2, 0.25) is 0 Å². The third kappa shape index (κ3) is 13.9. The average molecular weight is 819 g/mol. The van der Waals surface area contributed by atoms with Gasteiger partial charge in [0.1, 0.15) is 31.5 Å². The number of ether oxygens (including phenoxy) is 11. The van der Waals surface area contributed by atoms with Crippen LogP contribution >= 0.6 is 22.6 Å². The molecule has 2 aliphatic rings. The minimum absolute atomic E-state index is 0.156. The fourth-order valence-corrected chi connectivity index (χ4v) is 5.54. The van der Waals surface area contributed by atoms with E-state index in [1.165, 1.54) is 0 Å². The van der Waals surface area contributed by atoms with Gasteiger partial charge in [-0.05, 0) is 17.3 Å². The first-order chi connectivity index (χ1) is 23.0. The zero-order chi connectivity index (χ0) is 36.8. The van der Waals surface area contributed by atoms with Gasteiger partial charge in [0.05, 0.1) is 0 Å². The number of carbonyl (C=O) groups excluding carboxylic acids is 7. The molecule has 10 atom stereocenters. The van der Waals surface area contributed by atoms with Crippen molar-refractivity contribution in [3.63, 3.8) is 0 Å². The summed E-state index contributed by atoms with van der Waals surface area (Å²) in [5.41, 5.74) is 0. The van der Waals surface area contributed by atoms with E-state index in [9.17, 15) is 33.6 Å². The number of hydrogen-bond acceptors (Lipinski definition) is 18. The number of esters is 7. The van der Waals surface area contributed by atoms with E-state index < -0.39 is 116 Å². The SMILES string of the molecule is CC(=O)OC[C@H]1O[C@@H](O[C@H]2[C@H](OC(C)=O)[C@@H](OC(C)=O)[C@@H](OCCCCI)O[C@@H]2COC(C)=O)[C@H](OC(C)=O)[C@@H](OC(C)=O)[C@H]1OC(C)=O. The lowest BCUT2D eigenvalue weighted by Gasteiger charge is -2.48. The van der Waals surface area contributed by atoms with Gasteiger partial charge < -0.3 is 52.1 Å².